The van der Waals surface area contributed by atoms with Crippen LogP contribution < -0.4 is 5.32 Å². The number of nitrogens with one attached hydrogen (secondary N) is 1. The molecule has 2 rings (SSSR count). The molecular weight excluding hydrogens is 292 g/mol. The second-order valence-electron chi connectivity index (χ2n) is 6.98. The molecule has 0 radical (unpaired) electrons. The molecule has 0 saturated heterocycles. The van der Waals surface area contributed by atoms with Gasteiger partial charge in [-0.3, -0.25) is 0 Å². The summed E-state index contributed by atoms with van der Waals surface area (Å²) in [5.74, 6) is 1.59. The van der Waals surface area contributed by atoms with E-state index in [0.717, 1.165) is 23.4 Å². The number of nitrogens with zero attached hydrogens (tertiary/aromatic N) is 1. The largest absolute Gasteiger partial charge is 0.314 e. The first-order valence-corrected chi connectivity index (χ1v) is 9.06. The van der Waals surface area contributed by atoms with Crippen molar-refractivity contribution in [3.8, 4) is 0 Å². The van der Waals surface area contributed by atoms with Gasteiger partial charge in [0.15, 0.2) is 0 Å². The van der Waals surface area contributed by atoms with E-state index in [2.05, 4.69) is 50.3 Å². The van der Waals surface area contributed by atoms with Gasteiger partial charge in [-0.25, -0.2) is 0 Å². The second-order valence-corrected chi connectivity index (χ2v) is 7.42. The number of hydrogen-bond donors (Lipinski definition) is 1. The summed E-state index contributed by atoms with van der Waals surface area (Å²) in [5.41, 5.74) is 1.40. The topological polar surface area (TPSA) is 15.3 Å². The molecule has 0 amide bonds. The molecule has 1 aliphatic carbocycles. The molecule has 1 aliphatic rings. The monoisotopic (exact) mass is 322 g/mol. The van der Waals surface area contributed by atoms with Gasteiger partial charge < -0.3 is 10.2 Å². The standard InChI is InChI=1S/C19H31ClN2/c1-5-21-14(2)15-6-8-16(9-7-15)19(22(3)4)17-10-12-18(20)13-11-17/h10-16,19,21H,5-9H2,1-4H3. The molecule has 2 nitrogen and oxygen atoms in total. The molecule has 0 spiro atoms. The van der Waals surface area contributed by atoms with Crippen LogP contribution in [0.5, 0.6) is 0 Å². The first kappa shape index (κ1) is 17.8. The summed E-state index contributed by atoms with van der Waals surface area (Å²) in [6.07, 6.45) is 5.34. The van der Waals surface area contributed by atoms with Crippen LogP contribution in [0.25, 0.3) is 0 Å². The van der Waals surface area contributed by atoms with E-state index in [4.69, 9.17) is 11.6 Å². The van der Waals surface area contributed by atoms with Crippen LogP contribution in [0.3, 0.4) is 0 Å². The van der Waals surface area contributed by atoms with E-state index in [9.17, 15) is 0 Å². The molecule has 0 heterocycles. The van der Waals surface area contributed by atoms with Crippen LogP contribution in [0.1, 0.15) is 51.1 Å². The molecule has 3 heteroatoms. The van der Waals surface area contributed by atoms with E-state index in [1.807, 2.05) is 12.1 Å². The van der Waals surface area contributed by atoms with Crippen molar-refractivity contribution in [2.75, 3.05) is 20.6 Å². The Morgan fingerprint density at radius 1 is 1.09 bits per heavy atom. The summed E-state index contributed by atoms with van der Waals surface area (Å²) in [5, 5.41) is 4.42. The normalized spacial score (nSPS) is 25.2. The Labute approximate surface area is 141 Å². The maximum atomic E-state index is 6.04. The van der Waals surface area contributed by atoms with Crippen LogP contribution >= 0.6 is 11.6 Å². The molecule has 2 unspecified atom stereocenters. The zero-order valence-corrected chi connectivity index (χ0v) is 15.2. The van der Waals surface area contributed by atoms with Crippen molar-refractivity contribution in [1.29, 1.82) is 0 Å². The number of benzene rings is 1. The fraction of sp³-hybridized carbons (Fsp3) is 0.684. The molecule has 0 aliphatic heterocycles. The third-order valence-electron chi connectivity index (χ3n) is 5.26. The summed E-state index contributed by atoms with van der Waals surface area (Å²) in [4.78, 5) is 2.38. The second kappa shape index (κ2) is 8.33. The predicted molar refractivity (Wildman–Crippen MR) is 96.5 cm³/mol. The van der Waals surface area contributed by atoms with Crippen LogP contribution in [-0.2, 0) is 0 Å². The number of hydrogen-bond acceptors (Lipinski definition) is 2. The highest BCUT2D eigenvalue weighted by Crippen LogP contribution is 2.40. The van der Waals surface area contributed by atoms with Crippen molar-refractivity contribution < 1.29 is 0 Å². The number of rotatable bonds is 6. The molecule has 1 aromatic carbocycles. The maximum Gasteiger partial charge on any atom is 0.0406 e. The summed E-state index contributed by atoms with van der Waals surface area (Å²) in [6, 6.07) is 9.59. The Balaban J connectivity index is 2.01. The fourth-order valence-corrected chi connectivity index (χ4v) is 4.23. The van der Waals surface area contributed by atoms with Gasteiger partial charge in [-0.1, -0.05) is 30.7 Å². The summed E-state index contributed by atoms with van der Waals surface area (Å²) < 4.78 is 0. The highest BCUT2D eigenvalue weighted by Gasteiger charge is 2.31. The Kier molecular flexibility index (Phi) is 6.73. The molecule has 124 valence electrons. The highest BCUT2D eigenvalue weighted by atomic mass is 35.5. The Bertz CT molecular complexity index is 435. The Morgan fingerprint density at radius 3 is 2.14 bits per heavy atom. The van der Waals surface area contributed by atoms with Crippen molar-refractivity contribution in [3.63, 3.8) is 0 Å². The molecule has 1 aromatic rings. The number of halogens is 1. The van der Waals surface area contributed by atoms with Gasteiger partial charge in [0, 0.05) is 17.1 Å². The predicted octanol–water partition coefficient (Wildman–Crippen LogP) is 4.75. The van der Waals surface area contributed by atoms with Gasteiger partial charge in [0.05, 0.1) is 0 Å². The minimum atomic E-state index is 0.507. The molecule has 0 aromatic heterocycles. The zero-order valence-electron chi connectivity index (χ0n) is 14.5. The van der Waals surface area contributed by atoms with E-state index >= 15 is 0 Å². The lowest BCUT2D eigenvalue weighted by Crippen LogP contribution is -2.37. The Morgan fingerprint density at radius 2 is 1.64 bits per heavy atom. The molecule has 1 saturated carbocycles. The maximum absolute atomic E-state index is 6.04. The van der Waals surface area contributed by atoms with Crippen LogP contribution in [0.15, 0.2) is 24.3 Å². The van der Waals surface area contributed by atoms with Crippen molar-refractivity contribution in [2.24, 2.45) is 11.8 Å². The average molecular weight is 323 g/mol. The van der Waals surface area contributed by atoms with Crippen molar-refractivity contribution >= 4 is 11.6 Å². The van der Waals surface area contributed by atoms with Crippen LogP contribution in [0, 0.1) is 11.8 Å². The average Bonchev–Trinajstić information content (AvgIpc) is 2.50. The van der Waals surface area contributed by atoms with Gasteiger partial charge in [0.2, 0.25) is 0 Å². The van der Waals surface area contributed by atoms with Gasteiger partial charge in [0.25, 0.3) is 0 Å². The van der Waals surface area contributed by atoms with Gasteiger partial charge in [-0.05, 0) is 82.8 Å². The van der Waals surface area contributed by atoms with Crippen molar-refractivity contribution in [2.45, 2.75) is 51.6 Å². The molecule has 0 bridgehead atoms. The van der Waals surface area contributed by atoms with Gasteiger partial charge in [0.1, 0.15) is 0 Å². The lowest BCUT2D eigenvalue weighted by atomic mass is 9.74. The van der Waals surface area contributed by atoms with Crippen LogP contribution in [0.4, 0.5) is 0 Å². The minimum absolute atomic E-state index is 0.507. The first-order chi connectivity index (χ1) is 10.5. The van der Waals surface area contributed by atoms with Gasteiger partial charge in [-0.2, -0.15) is 0 Å². The SMILES string of the molecule is CCNC(C)C1CCC(C(c2ccc(Cl)cc2)N(C)C)CC1. The molecule has 22 heavy (non-hydrogen) atoms. The van der Waals surface area contributed by atoms with E-state index in [-0.39, 0.29) is 0 Å². The first-order valence-electron chi connectivity index (χ1n) is 8.68. The molecule has 1 fully saturated rings. The van der Waals surface area contributed by atoms with Gasteiger partial charge >= 0.3 is 0 Å². The molecule has 1 N–H and O–H groups in total. The highest BCUT2D eigenvalue weighted by molar-refractivity contribution is 6.30. The zero-order chi connectivity index (χ0) is 16.1. The Hall–Kier alpha value is -0.570. The molecule has 2 atom stereocenters. The van der Waals surface area contributed by atoms with Gasteiger partial charge in [-0.15, -0.1) is 0 Å². The van der Waals surface area contributed by atoms with Crippen molar-refractivity contribution in [1.82, 2.24) is 10.2 Å². The van der Waals surface area contributed by atoms with Crippen molar-refractivity contribution in [3.05, 3.63) is 34.9 Å². The molecular formula is C19H31ClN2. The fourth-order valence-electron chi connectivity index (χ4n) is 4.10. The lowest BCUT2D eigenvalue weighted by Gasteiger charge is -2.39. The quantitative estimate of drug-likeness (QED) is 0.813. The van der Waals surface area contributed by atoms with E-state index in [1.165, 1.54) is 31.2 Å². The summed E-state index contributed by atoms with van der Waals surface area (Å²) in [6.45, 7) is 5.62. The summed E-state index contributed by atoms with van der Waals surface area (Å²) in [7, 11) is 4.40. The van der Waals surface area contributed by atoms with Crippen LogP contribution in [-0.4, -0.2) is 31.6 Å². The smallest absolute Gasteiger partial charge is 0.0406 e. The minimum Gasteiger partial charge on any atom is -0.314 e. The lowest BCUT2D eigenvalue weighted by molar-refractivity contribution is 0.137. The van der Waals surface area contributed by atoms with E-state index in [1.54, 1.807) is 0 Å². The summed E-state index contributed by atoms with van der Waals surface area (Å²) >= 11 is 6.04. The van der Waals surface area contributed by atoms with E-state index < -0.39 is 0 Å². The third-order valence-corrected chi connectivity index (χ3v) is 5.52. The van der Waals surface area contributed by atoms with Crippen LogP contribution in [0.2, 0.25) is 5.02 Å². The van der Waals surface area contributed by atoms with E-state index in [0.29, 0.717) is 12.1 Å². The third kappa shape index (κ3) is 4.47.